The lowest BCUT2D eigenvalue weighted by Crippen LogP contribution is -2.00. The molecule has 21 heavy (non-hydrogen) atoms. The van der Waals surface area contributed by atoms with Gasteiger partial charge in [-0.15, -0.1) is 0 Å². The van der Waals surface area contributed by atoms with Crippen molar-refractivity contribution in [2.75, 3.05) is 0 Å². The molecule has 3 nitrogen and oxygen atoms in total. The van der Waals surface area contributed by atoms with E-state index in [9.17, 15) is 0 Å². The van der Waals surface area contributed by atoms with Gasteiger partial charge in [-0.2, -0.15) is 5.10 Å². The van der Waals surface area contributed by atoms with Crippen molar-refractivity contribution in [2.45, 2.75) is 26.8 Å². The minimum atomic E-state index is 0.375. The molecule has 2 aromatic heterocycles. The van der Waals surface area contributed by atoms with Crippen molar-refractivity contribution >= 4 is 0 Å². The Balaban J connectivity index is 1.99. The number of nitrogens with zero attached hydrogens (tertiary/aromatic N) is 3. The Morgan fingerprint density at radius 1 is 0.905 bits per heavy atom. The molecule has 0 bridgehead atoms. The molecule has 3 heteroatoms. The van der Waals surface area contributed by atoms with E-state index < -0.39 is 0 Å². The van der Waals surface area contributed by atoms with Gasteiger partial charge in [-0.05, 0) is 45.0 Å². The fourth-order valence-corrected chi connectivity index (χ4v) is 2.32. The highest BCUT2D eigenvalue weighted by atomic mass is 15.3. The summed E-state index contributed by atoms with van der Waals surface area (Å²) in [5.74, 6) is 0. The Labute approximate surface area is 125 Å². The van der Waals surface area contributed by atoms with Crippen LogP contribution in [0.25, 0.3) is 22.5 Å². The van der Waals surface area contributed by atoms with Crippen LogP contribution < -0.4 is 0 Å². The summed E-state index contributed by atoms with van der Waals surface area (Å²) in [5, 5.41) is 4.63. The number of pyridine rings is 1. The lowest BCUT2D eigenvalue weighted by atomic mass is 10.1. The molecule has 2 heterocycles. The van der Waals surface area contributed by atoms with Gasteiger partial charge in [0.2, 0.25) is 0 Å². The van der Waals surface area contributed by atoms with Crippen LogP contribution in [0.3, 0.4) is 0 Å². The molecule has 0 spiro atoms. The molecule has 3 rings (SSSR count). The molecule has 0 fully saturated rings. The van der Waals surface area contributed by atoms with Crippen molar-refractivity contribution in [2.24, 2.45) is 0 Å². The first-order valence-corrected chi connectivity index (χ1v) is 7.23. The summed E-state index contributed by atoms with van der Waals surface area (Å²) in [6, 6.07) is 16.9. The second kappa shape index (κ2) is 5.52. The zero-order valence-corrected chi connectivity index (χ0v) is 12.6. The van der Waals surface area contributed by atoms with Gasteiger partial charge in [-0.3, -0.25) is 9.67 Å². The third kappa shape index (κ3) is 2.87. The van der Waals surface area contributed by atoms with E-state index in [4.69, 9.17) is 0 Å². The maximum atomic E-state index is 4.63. The fraction of sp³-hybridized carbons (Fsp3) is 0.222. The molecule has 0 saturated carbocycles. The first-order valence-electron chi connectivity index (χ1n) is 7.23. The second-order valence-corrected chi connectivity index (χ2v) is 5.52. The van der Waals surface area contributed by atoms with Crippen LogP contribution in [0.2, 0.25) is 0 Å². The van der Waals surface area contributed by atoms with E-state index in [1.54, 1.807) is 0 Å². The minimum absolute atomic E-state index is 0.375. The second-order valence-electron chi connectivity index (χ2n) is 5.52. The summed E-state index contributed by atoms with van der Waals surface area (Å²) in [7, 11) is 0. The molecule has 0 unspecified atom stereocenters. The number of hydrogen-bond acceptors (Lipinski definition) is 2. The molecular formula is C18H19N3. The third-order valence-electron chi connectivity index (χ3n) is 3.48. The lowest BCUT2D eigenvalue weighted by Gasteiger charge is -2.05. The zero-order chi connectivity index (χ0) is 14.8. The van der Waals surface area contributed by atoms with Gasteiger partial charge in [0.1, 0.15) is 0 Å². The highest BCUT2D eigenvalue weighted by molar-refractivity contribution is 5.69. The Hall–Kier alpha value is -2.42. The molecule has 0 radical (unpaired) electrons. The van der Waals surface area contributed by atoms with E-state index in [1.807, 2.05) is 36.0 Å². The van der Waals surface area contributed by atoms with E-state index in [2.05, 4.69) is 54.3 Å². The molecule has 106 valence electrons. The van der Waals surface area contributed by atoms with E-state index in [0.29, 0.717) is 6.04 Å². The van der Waals surface area contributed by atoms with Crippen LogP contribution in [0.1, 0.15) is 25.6 Å². The van der Waals surface area contributed by atoms with Crippen LogP contribution in [0, 0.1) is 6.92 Å². The van der Waals surface area contributed by atoms with Crippen molar-refractivity contribution in [3.05, 3.63) is 60.4 Å². The normalized spacial score (nSPS) is 11.0. The Bertz CT molecular complexity index is 756. The van der Waals surface area contributed by atoms with Crippen LogP contribution >= 0.6 is 0 Å². The molecule has 3 aromatic rings. The van der Waals surface area contributed by atoms with Gasteiger partial charge in [0.25, 0.3) is 0 Å². The number of aryl methyl sites for hydroxylation is 1. The first kappa shape index (κ1) is 13.6. The average molecular weight is 277 g/mol. The van der Waals surface area contributed by atoms with Crippen molar-refractivity contribution in [3.8, 4) is 22.5 Å². The quantitative estimate of drug-likeness (QED) is 0.705. The summed E-state index contributed by atoms with van der Waals surface area (Å²) in [5.41, 5.74) is 5.27. The lowest BCUT2D eigenvalue weighted by molar-refractivity contribution is 0.534. The molecule has 1 aromatic carbocycles. The summed E-state index contributed by atoms with van der Waals surface area (Å²) in [6.45, 7) is 6.27. The zero-order valence-electron chi connectivity index (χ0n) is 12.6. The Kier molecular flexibility index (Phi) is 3.57. The van der Waals surface area contributed by atoms with Crippen molar-refractivity contribution < 1.29 is 0 Å². The minimum Gasteiger partial charge on any atom is -0.270 e. The highest BCUT2D eigenvalue weighted by Crippen LogP contribution is 2.24. The predicted octanol–water partition coefficient (Wildman–Crippen LogP) is 4.50. The SMILES string of the molecule is Cc1cccc(-c2cccc(-c3ccn(C(C)C)n3)c2)n1. The van der Waals surface area contributed by atoms with Crippen LogP contribution in [0.15, 0.2) is 54.7 Å². The van der Waals surface area contributed by atoms with E-state index in [-0.39, 0.29) is 0 Å². The average Bonchev–Trinajstić information content (AvgIpc) is 2.97. The summed E-state index contributed by atoms with van der Waals surface area (Å²) in [4.78, 5) is 4.59. The monoisotopic (exact) mass is 277 g/mol. The molecule has 0 atom stereocenters. The van der Waals surface area contributed by atoms with Gasteiger partial charge in [0.05, 0.1) is 11.4 Å². The highest BCUT2D eigenvalue weighted by Gasteiger charge is 2.06. The summed E-state index contributed by atoms with van der Waals surface area (Å²) < 4.78 is 1.98. The Morgan fingerprint density at radius 2 is 1.62 bits per heavy atom. The molecular weight excluding hydrogens is 258 g/mol. The van der Waals surface area contributed by atoms with E-state index >= 15 is 0 Å². The number of aromatic nitrogens is 3. The fourth-order valence-electron chi connectivity index (χ4n) is 2.32. The molecule has 0 aliphatic rings. The summed E-state index contributed by atoms with van der Waals surface area (Å²) in [6.07, 6.45) is 2.03. The van der Waals surface area contributed by atoms with Crippen molar-refractivity contribution in [1.29, 1.82) is 0 Å². The van der Waals surface area contributed by atoms with E-state index in [0.717, 1.165) is 28.2 Å². The Morgan fingerprint density at radius 3 is 2.29 bits per heavy atom. The third-order valence-corrected chi connectivity index (χ3v) is 3.48. The van der Waals surface area contributed by atoms with Crippen LogP contribution in [0.5, 0.6) is 0 Å². The number of rotatable bonds is 3. The van der Waals surface area contributed by atoms with Gasteiger partial charge < -0.3 is 0 Å². The van der Waals surface area contributed by atoms with E-state index in [1.165, 1.54) is 0 Å². The number of benzene rings is 1. The van der Waals surface area contributed by atoms with Gasteiger partial charge in [-0.25, -0.2) is 0 Å². The van der Waals surface area contributed by atoms with Crippen LogP contribution in [-0.2, 0) is 0 Å². The molecule has 0 amide bonds. The molecule has 0 aliphatic carbocycles. The number of hydrogen-bond donors (Lipinski definition) is 0. The largest absolute Gasteiger partial charge is 0.270 e. The maximum absolute atomic E-state index is 4.63. The first-order chi connectivity index (χ1) is 10.1. The smallest absolute Gasteiger partial charge is 0.0923 e. The van der Waals surface area contributed by atoms with Gasteiger partial charge >= 0.3 is 0 Å². The molecule has 0 saturated heterocycles. The van der Waals surface area contributed by atoms with Gasteiger partial charge in [0, 0.05) is 29.1 Å². The molecule has 0 N–H and O–H groups in total. The van der Waals surface area contributed by atoms with Gasteiger partial charge in [0.15, 0.2) is 0 Å². The summed E-state index contributed by atoms with van der Waals surface area (Å²) >= 11 is 0. The predicted molar refractivity (Wildman–Crippen MR) is 86.0 cm³/mol. The molecule has 0 aliphatic heterocycles. The van der Waals surface area contributed by atoms with Crippen molar-refractivity contribution in [3.63, 3.8) is 0 Å². The van der Waals surface area contributed by atoms with Crippen molar-refractivity contribution in [1.82, 2.24) is 14.8 Å². The van der Waals surface area contributed by atoms with Crippen LogP contribution in [0.4, 0.5) is 0 Å². The maximum Gasteiger partial charge on any atom is 0.0923 e. The van der Waals surface area contributed by atoms with Gasteiger partial charge in [-0.1, -0.05) is 24.3 Å². The van der Waals surface area contributed by atoms with Crippen LogP contribution in [-0.4, -0.2) is 14.8 Å². The topological polar surface area (TPSA) is 30.7 Å². The standard InChI is InChI=1S/C18H19N3/c1-13(2)21-11-10-18(20-21)16-8-5-7-15(12-16)17-9-4-6-14(3)19-17/h4-13H,1-3H3.